The van der Waals surface area contributed by atoms with Crippen LogP contribution in [0.2, 0.25) is 5.02 Å². The van der Waals surface area contributed by atoms with E-state index in [9.17, 15) is 4.79 Å². The Labute approximate surface area is 139 Å². The Hall–Kier alpha value is -2.20. The standard InChI is InChI=1S/C18H17ClN2O2/c19-14-8-12(20)6-7-17(14)23-16-3-1-2-15-13(16)9-18(22)21(15)10-11-4-5-11/h1-3,6-8,11H,4-5,9-10,20H2. The molecule has 4 rings (SSSR count). The number of anilines is 2. The van der Waals surface area contributed by atoms with E-state index in [4.69, 9.17) is 22.1 Å². The smallest absolute Gasteiger partial charge is 0.231 e. The summed E-state index contributed by atoms with van der Waals surface area (Å²) in [6.07, 6.45) is 2.82. The topological polar surface area (TPSA) is 55.6 Å². The van der Waals surface area contributed by atoms with Crippen molar-refractivity contribution in [3.05, 3.63) is 47.0 Å². The van der Waals surface area contributed by atoms with E-state index in [-0.39, 0.29) is 5.91 Å². The first-order valence-corrected chi connectivity index (χ1v) is 8.15. The number of nitrogens with zero attached hydrogens (tertiary/aromatic N) is 1. The molecule has 0 atom stereocenters. The van der Waals surface area contributed by atoms with Gasteiger partial charge in [0.1, 0.15) is 11.5 Å². The number of nitrogen functional groups attached to an aromatic ring is 1. The molecule has 0 spiro atoms. The molecule has 2 aromatic carbocycles. The number of rotatable bonds is 4. The Morgan fingerprint density at radius 1 is 1.22 bits per heavy atom. The molecule has 0 aromatic heterocycles. The molecule has 1 heterocycles. The molecule has 2 aromatic rings. The van der Waals surface area contributed by atoms with Gasteiger partial charge in [0.2, 0.25) is 5.91 Å². The fourth-order valence-corrected chi connectivity index (χ4v) is 3.17. The molecule has 0 saturated heterocycles. The number of nitrogens with two attached hydrogens (primary N) is 1. The normalized spacial score (nSPS) is 16.6. The zero-order valence-corrected chi connectivity index (χ0v) is 13.3. The molecule has 0 bridgehead atoms. The number of ether oxygens (including phenoxy) is 1. The largest absolute Gasteiger partial charge is 0.455 e. The van der Waals surface area contributed by atoms with Gasteiger partial charge in [-0.2, -0.15) is 0 Å². The molecule has 1 aliphatic carbocycles. The summed E-state index contributed by atoms with van der Waals surface area (Å²) in [6.45, 7) is 0.817. The predicted octanol–water partition coefficient (Wildman–Crippen LogP) is 4.01. The van der Waals surface area contributed by atoms with Crippen LogP contribution < -0.4 is 15.4 Å². The summed E-state index contributed by atoms with van der Waals surface area (Å²) in [5, 5.41) is 0.460. The van der Waals surface area contributed by atoms with E-state index in [0.717, 1.165) is 17.8 Å². The number of hydrogen-bond acceptors (Lipinski definition) is 3. The van der Waals surface area contributed by atoms with Crippen molar-refractivity contribution in [2.75, 3.05) is 17.2 Å². The number of halogens is 1. The van der Waals surface area contributed by atoms with E-state index >= 15 is 0 Å². The fraction of sp³-hybridized carbons (Fsp3) is 0.278. The minimum Gasteiger partial charge on any atom is -0.455 e. The van der Waals surface area contributed by atoms with Gasteiger partial charge in [0.15, 0.2) is 0 Å². The summed E-state index contributed by atoms with van der Waals surface area (Å²) >= 11 is 6.18. The second-order valence-electron chi connectivity index (χ2n) is 6.17. The molecule has 1 amide bonds. The number of fused-ring (bicyclic) bond motifs is 1. The van der Waals surface area contributed by atoms with Crippen LogP contribution in [0, 0.1) is 5.92 Å². The van der Waals surface area contributed by atoms with Crippen LogP contribution in [0.5, 0.6) is 11.5 Å². The molecule has 1 saturated carbocycles. The third kappa shape index (κ3) is 2.75. The van der Waals surface area contributed by atoms with Crippen LogP contribution in [-0.2, 0) is 11.2 Å². The van der Waals surface area contributed by atoms with Crippen LogP contribution in [0.4, 0.5) is 11.4 Å². The van der Waals surface area contributed by atoms with Crippen LogP contribution in [0.25, 0.3) is 0 Å². The Kier molecular flexibility index (Phi) is 3.42. The van der Waals surface area contributed by atoms with Crippen LogP contribution in [0.1, 0.15) is 18.4 Å². The molecule has 2 aliphatic rings. The highest BCUT2D eigenvalue weighted by Crippen LogP contribution is 2.41. The Bertz CT molecular complexity index is 787. The van der Waals surface area contributed by atoms with Gasteiger partial charge in [-0.3, -0.25) is 4.79 Å². The van der Waals surface area contributed by atoms with E-state index in [0.29, 0.717) is 34.5 Å². The van der Waals surface area contributed by atoms with Crippen molar-refractivity contribution < 1.29 is 9.53 Å². The summed E-state index contributed by atoms with van der Waals surface area (Å²) in [4.78, 5) is 14.2. The molecule has 1 fully saturated rings. The first-order chi connectivity index (χ1) is 11.1. The number of benzene rings is 2. The lowest BCUT2D eigenvalue weighted by molar-refractivity contribution is -0.117. The van der Waals surface area contributed by atoms with Crippen molar-refractivity contribution in [3.8, 4) is 11.5 Å². The molecule has 118 valence electrons. The lowest BCUT2D eigenvalue weighted by Gasteiger charge is -2.17. The molecule has 0 radical (unpaired) electrons. The summed E-state index contributed by atoms with van der Waals surface area (Å²) in [5.41, 5.74) is 8.20. The predicted molar refractivity (Wildman–Crippen MR) is 91.2 cm³/mol. The summed E-state index contributed by atoms with van der Waals surface area (Å²) < 4.78 is 5.96. The van der Waals surface area contributed by atoms with Gasteiger partial charge >= 0.3 is 0 Å². The van der Waals surface area contributed by atoms with Crippen molar-refractivity contribution in [3.63, 3.8) is 0 Å². The van der Waals surface area contributed by atoms with Gasteiger partial charge in [0.05, 0.1) is 17.1 Å². The number of hydrogen-bond donors (Lipinski definition) is 1. The first kappa shape index (κ1) is 14.4. The number of amides is 1. The minimum atomic E-state index is 0.145. The zero-order chi connectivity index (χ0) is 16.0. The van der Waals surface area contributed by atoms with E-state index in [1.54, 1.807) is 18.2 Å². The van der Waals surface area contributed by atoms with Gasteiger partial charge in [-0.1, -0.05) is 17.7 Å². The first-order valence-electron chi connectivity index (χ1n) is 7.77. The molecule has 5 heteroatoms. The van der Waals surface area contributed by atoms with Gasteiger partial charge < -0.3 is 15.4 Å². The SMILES string of the molecule is Nc1ccc(Oc2cccc3c2CC(=O)N3CC2CC2)c(Cl)c1. The van der Waals surface area contributed by atoms with Gasteiger partial charge in [-0.15, -0.1) is 0 Å². The lowest BCUT2D eigenvalue weighted by atomic mass is 10.1. The van der Waals surface area contributed by atoms with Crippen LogP contribution >= 0.6 is 11.6 Å². The molecule has 4 nitrogen and oxygen atoms in total. The summed E-state index contributed by atoms with van der Waals surface area (Å²) in [7, 11) is 0. The van der Waals surface area contributed by atoms with Crippen LogP contribution in [-0.4, -0.2) is 12.5 Å². The van der Waals surface area contributed by atoms with E-state index in [1.807, 2.05) is 23.1 Å². The number of carbonyl (C=O) groups is 1. The van der Waals surface area contributed by atoms with Crippen molar-refractivity contribution in [2.24, 2.45) is 5.92 Å². The number of carbonyl (C=O) groups excluding carboxylic acids is 1. The highest BCUT2D eigenvalue weighted by Gasteiger charge is 2.34. The highest BCUT2D eigenvalue weighted by atomic mass is 35.5. The van der Waals surface area contributed by atoms with Crippen LogP contribution in [0.15, 0.2) is 36.4 Å². The maximum Gasteiger partial charge on any atom is 0.231 e. The molecule has 23 heavy (non-hydrogen) atoms. The zero-order valence-electron chi connectivity index (χ0n) is 12.6. The highest BCUT2D eigenvalue weighted by molar-refractivity contribution is 6.32. The maximum atomic E-state index is 12.3. The fourth-order valence-electron chi connectivity index (χ4n) is 2.94. The Morgan fingerprint density at radius 3 is 2.78 bits per heavy atom. The molecule has 1 aliphatic heterocycles. The van der Waals surface area contributed by atoms with Crippen molar-refractivity contribution in [2.45, 2.75) is 19.3 Å². The van der Waals surface area contributed by atoms with E-state index < -0.39 is 0 Å². The maximum absolute atomic E-state index is 12.3. The second-order valence-corrected chi connectivity index (χ2v) is 6.58. The average Bonchev–Trinajstić information content (AvgIpc) is 3.27. The summed E-state index contributed by atoms with van der Waals surface area (Å²) in [5.74, 6) is 2.02. The Balaban J connectivity index is 1.66. The van der Waals surface area contributed by atoms with Crippen molar-refractivity contribution in [1.29, 1.82) is 0 Å². The van der Waals surface area contributed by atoms with Gasteiger partial charge in [0, 0.05) is 17.8 Å². The van der Waals surface area contributed by atoms with Gasteiger partial charge in [-0.25, -0.2) is 0 Å². The second kappa shape index (κ2) is 5.46. The molecular weight excluding hydrogens is 312 g/mol. The molecular formula is C18H17ClN2O2. The third-order valence-electron chi connectivity index (χ3n) is 4.34. The third-order valence-corrected chi connectivity index (χ3v) is 4.64. The van der Waals surface area contributed by atoms with Crippen LogP contribution in [0.3, 0.4) is 0 Å². The van der Waals surface area contributed by atoms with E-state index in [2.05, 4.69) is 0 Å². The van der Waals surface area contributed by atoms with E-state index in [1.165, 1.54) is 12.8 Å². The Morgan fingerprint density at radius 2 is 2.04 bits per heavy atom. The monoisotopic (exact) mass is 328 g/mol. The quantitative estimate of drug-likeness (QED) is 0.863. The van der Waals surface area contributed by atoms with Crippen molar-refractivity contribution in [1.82, 2.24) is 0 Å². The minimum absolute atomic E-state index is 0.145. The van der Waals surface area contributed by atoms with Gasteiger partial charge in [-0.05, 0) is 49.1 Å². The summed E-state index contributed by atoms with van der Waals surface area (Å²) in [6, 6.07) is 10.9. The average molecular weight is 329 g/mol. The molecule has 0 unspecified atom stereocenters. The van der Waals surface area contributed by atoms with Crippen molar-refractivity contribution >= 4 is 28.9 Å². The van der Waals surface area contributed by atoms with Gasteiger partial charge in [0.25, 0.3) is 0 Å². The molecule has 2 N–H and O–H groups in total. The lowest BCUT2D eigenvalue weighted by Crippen LogP contribution is -2.28.